The molecule has 0 bridgehead atoms. The van der Waals surface area contributed by atoms with Crippen molar-refractivity contribution in [1.82, 2.24) is 9.78 Å². The van der Waals surface area contributed by atoms with Crippen LogP contribution in [-0.4, -0.2) is 9.78 Å². The molecule has 0 aliphatic heterocycles. The van der Waals surface area contributed by atoms with E-state index < -0.39 is 0 Å². The van der Waals surface area contributed by atoms with E-state index in [1.165, 1.54) is 5.56 Å². The molecule has 0 fully saturated rings. The second kappa shape index (κ2) is 5.04. The Balaban J connectivity index is 1.97. The fourth-order valence-corrected chi connectivity index (χ4v) is 1.93. The molecule has 1 heterocycles. The molecule has 0 radical (unpaired) electrons. The van der Waals surface area contributed by atoms with Crippen molar-refractivity contribution >= 4 is 5.82 Å². The monoisotopic (exact) mass is 229 g/mol. The molecule has 1 aromatic carbocycles. The van der Waals surface area contributed by atoms with Crippen molar-refractivity contribution < 1.29 is 0 Å². The summed E-state index contributed by atoms with van der Waals surface area (Å²) in [4.78, 5) is 0. The normalized spacial score (nSPS) is 12.6. The molecule has 2 rings (SSSR count). The van der Waals surface area contributed by atoms with Crippen LogP contribution in [0.4, 0.5) is 5.82 Å². The van der Waals surface area contributed by atoms with Crippen LogP contribution in [-0.2, 0) is 6.54 Å². The van der Waals surface area contributed by atoms with Gasteiger partial charge in [-0.25, -0.2) is 4.68 Å². The topological polar surface area (TPSA) is 43.8 Å². The van der Waals surface area contributed by atoms with Gasteiger partial charge in [0.2, 0.25) is 0 Å². The summed E-state index contributed by atoms with van der Waals surface area (Å²) in [5, 5.41) is 4.27. The number of hydrogen-bond donors (Lipinski definition) is 1. The van der Waals surface area contributed by atoms with Crippen molar-refractivity contribution in [3.05, 3.63) is 47.7 Å². The maximum absolute atomic E-state index is 5.93. The van der Waals surface area contributed by atoms with Gasteiger partial charge in [-0.2, -0.15) is 5.10 Å². The van der Waals surface area contributed by atoms with Crippen molar-refractivity contribution in [2.75, 3.05) is 5.73 Å². The predicted octanol–water partition coefficient (Wildman–Crippen LogP) is 2.97. The summed E-state index contributed by atoms with van der Waals surface area (Å²) in [6, 6.07) is 10.5. The third kappa shape index (κ3) is 2.67. The van der Waals surface area contributed by atoms with Crippen LogP contribution in [0, 0.1) is 6.92 Å². The van der Waals surface area contributed by atoms with Gasteiger partial charge in [-0.1, -0.05) is 37.3 Å². The Kier molecular flexibility index (Phi) is 3.47. The highest BCUT2D eigenvalue weighted by Crippen LogP contribution is 2.20. The number of benzene rings is 1. The number of nitrogens with two attached hydrogens (primary N) is 1. The van der Waals surface area contributed by atoms with Gasteiger partial charge in [0.05, 0.1) is 6.20 Å². The zero-order chi connectivity index (χ0) is 12.3. The molecule has 2 N–H and O–H groups in total. The van der Waals surface area contributed by atoms with E-state index in [-0.39, 0.29) is 0 Å². The van der Waals surface area contributed by atoms with Crippen LogP contribution in [0.15, 0.2) is 36.5 Å². The molecule has 1 unspecified atom stereocenters. The summed E-state index contributed by atoms with van der Waals surface area (Å²) in [6.07, 6.45) is 2.87. The zero-order valence-electron chi connectivity index (χ0n) is 10.4. The van der Waals surface area contributed by atoms with Gasteiger partial charge in [-0.15, -0.1) is 0 Å². The van der Waals surface area contributed by atoms with E-state index in [1.807, 2.05) is 23.9 Å². The quantitative estimate of drug-likeness (QED) is 0.876. The van der Waals surface area contributed by atoms with Crippen LogP contribution in [0.1, 0.15) is 30.4 Å². The predicted molar refractivity (Wildman–Crippen MR) is 70.9 cm³/mol. The summed E-state index contributed by atoms with van der Waals surface area (Å²) >= 11 is 0. The number of rotatable bonds is 4. The van der Waals surface area contributed by atoms with Crippen molar-refractivity contribution in [1.29, 1.82) is 0 Å². The van der Waals surface area contributed by atoms with Gasteiger partial charge >= 0.3 is 0 Å². The number of nitrogens with zero attached hydrogens (tertiary/aromatic N) is 2. The standard InChI is InChI=1S/C14H19N3/c1-11(13-6-4-3-5-7-13)8-9-17-14(15)12(2)10-16-17/h3-7,10-11H,8-9,15H2,1-2H3. The molecule has 1 atom stereocenters. The average molecular weight is 229 g/mol. The number of anilines is 1. The summed E-state index contributed by atoms with van der Waals surface area (Å²) in [5.41, 5.74) is 8.35. The van der Waals surface area contributed by atoms with E-state index >= 15 is 0 Å². The zero-order valence-corrected chi connectivity index (χ0v) is 10.4. The van der Waals surface area contributed by atoms with E-state index in [1.54, 1.807) is 0 Å². The second-order valence-electron chi connectivity index (χ2n) is 4.54. The van der Waals surface area contributed by atoms with Gasteiger partial charge in [-0.05, 0) is 24.8 Å². The fourth-order valence-electron chi connectivity index (χ4n) is 1.93. The van der Waals surface area contributed by atoms with Gasteiger partial charge in [0.25, 0.3) is 0 Å². The molecule has 3 nitrogen and oxygen atoms in total. The largest absolute Gasteiger partial charge is 0.384 e. The Hall–Kier alpha value is -1.77. The summed E-state index contributed by atoms with van der Waals surface area (Å²) in [5.74, 6) is 1.31. The molecule has 0 aliphatic rings. The molecule has 0 aliphatic carbocycles. The lowest BCUT2D eigenvalue weighted by Crippen LogP contribution is -2.07. The van der Waals surface area contributed by atoms with Crippen LogP contribution in [0.25, 0.3) is 0 Å². The molecule has 0 amide bonds. The first-order chi connectivity index (χ1) is 8.18. The second-order valence-corrected chi connectivity index (χ2v) is 4.54. The van der Waals surface area contributed by atoms with Crippen molar-refractivity contribution in [3.8, 4) is 0 Å². The minimum atomic E-state index is 0.528. The van der Waals surface area contributed by atoms with Gasteiger partial charge in [0, 0.05) is 12.1 Å². The van der Waals surface area contributed by atoms with Crippen molar-refractivity contribution in [2.24, 2.45) is 0 Å². The highest BCUT2D eigenvalue weighted by Gasteiger charge is 2.07. The molecule has 0 spiro atoms. The van der Waals surface area contributed by atoms with Crippen LogP contribution in [0.5, 0.6) is 0 Å². The number of nitrogen functional groups attached to an aromatic ring is 1. The third-order valence-electron chi connectivity index (χ3n) is 3.22. The molecule has 90 valence electrons. The molecule has 17 heavy (non-hydrogen) atoms. The molecular weight excluding hydrogens is 210 g/mol. The number of aryl methyl sites for hydroxylation is 2. The van der Waals surface area contributed by atoms with Crippen LogP contribution in [0.2, 0.25) is 0 Å². The van der Waals surface area contributed by atoms with E-state index in [9.17, 15) is 0 Å². The van der Waals surface area contributed by atoms with Gasteiger partial charge in [-0.3, -0.25) is 0 Å². The minimum absolute atomic E-state index is 0.528. The van der Waals surface area contributed by atoms with E-state index in [4.69, 9.17) is 5.73 Å². The van der Waals surface area contributed by atoms with Gasteiger partial charge in [0.15, 0.2) is 0 Å². The summed E-state index contributed by atoms with van der Waals surface area (Å²) < 4.78 is 1.88. The van der Waals surface area contributed by atoms with Crippen molar-refractivity contribution in [3.63, 3.8) is 0 Å². The average Bonchev–Trinajstić information content (AvgIpc) is 2.68. The Morgan fingerprint density at radius 2 is 2.00 bits per heavy atom. The maximum atomic E-state index is 5.93. The molecule has 1 aromatic heterocycles. The fraction of sp³-hybridized carbons (Fsp3) is 0.357. The highest BCUT2D eigenvalue weighted by atomic mass is 15.3. The molecular formula is C14H19N3. The van der Waals surface area contributed by atoms with Gasteiger partial charge in [0.1, 0.15) is 5.82 Å². The van der Waals surface area contributed by atoms with Crippen LogP contribution in [0.3, 0.4) is 0 Å². The third-order valence-corrected chi connectivity index (χ3v) is 3.22. The van der Waals surface area contributed by atoms with Crippen LogP contribution >= 0.6 is 0 Å². The van der Waals surface area contributed by atoms with E-state index in [0.717, 1.165) is 24.3 Å². The van der Waals surface area contributed by atoms with Crippen LogP contribution < -0.4 is 5.73 Å². The summed E-state index contributed by atoms with van der Waals surface area (Å²) in [6.45, 7) is 5.09. The Morgan fingerprint density at radius 1 is 1.29 bits per heavy atom. The minimum Gasteiger partial charge on any atom is -0.384 e. The molecule has 2 aromatic rings. The lowest BCUT2D eigenvalue weighted by molar-refractivity contribution is 0.539. The SMILES string of the molecule is Cc1cnn(CCC(C)c2ccccc2)c1N. The van der Waals surface area contributed by atoms with Gasteiger partial charge < -0.3 is 5.73 Å². The lowest BCUT2D eigenvalue weighted by atomic mass is 9.98. The number of aromatic nitrogens is 2. The van der Waals surface area contributed by atoms with E-state index in [2.05, 4.69) is 36.3 Å². The molecule has 0 saturated carbocycles. The molecule has 3 heteroatoms. The Morgan fingerprint density at radius 3 is 2.59 bits per heavy atom. The Labute approximate surface area is 102 Å². The van der Waals surface area contributed by atoms with Crippen molar-refractivity contribution in [2.45, 2.75) is 32.7 Å². The first-order valence-corrected chi connectivity index (χ1v) is 6.01. The smallest absolute Gasteiger partial charge is 0.124 e. The maximum Gasteiger partial charge on any atom is 0.124 e. The first kappa shape index (κ1) is 11.7. The molecule has 0 saturated heterocycles. The van der Waals surface area contributed by atoms with E-state index in [0.29, 0.717) is 5.92 Å². The lowest BCUT2D eigenvalue weighted by Gasteiger charge is -2.12. The Bertz CT molecular complexity index is 473. The summed E-state index contributed by atoms with van der Waals surface area (Å²) in [7, 11) is 0. The number of hydrogen-bond acceptors (Lipinski definition) is 2. The highest BCUT2D eigenvalue weighted by molar-refractivity contribution is 5.37. The first-order valence-electron chi connectivity index (χ1n) is 6.01.